The lowest BCUT2D eigenvalue weighted by molar-refractivity contribution is -0.140. The van der Waals surface area contributed by atoms with Crippen molar-refractivity contribution in [3.8, 4) is 11.5 Å². The summed E-state index contributed by atoms with van der Waals surface area (Å²) in [6.45, 7) is 4.09. The van der Waals surface area contributed by atoms with Crippen LogP contribution in [-0.2, 0) is 14.3 Å². The van der Waals surface area contributed by atoms with Crippen LogP contribution in [0.1, 0.15) is 23.6 Å². The van der Waals surface area contributed by atoms with Crippen LogP contribution in [0.3, 0.4) is 0 Å². The van der Waals surface area contributed by atoms with Crippen molar-refractivity contribution in [3.05, 3.63) is 64.2 Å². The van der Waals surface area contributed by atoms with Gasteiger partial charge in [0, 0.05) is 37.3 Å². The first kappa shape index (κ1) is 24.1. The molecule has 0 radical (unpaired) electrons. The van der Waals surface area contributed by atoms with Crippen molar-refractivity contribution in [1.29, 1.82) is 0 Å². The monoisotopic (exact) mass is 486 g/mol. The van der Waals surface area contributed by atoms with E-state index in [1.165, 1.54) is 24.1 Å². The number of morpholine rings is 1. The van der Waals surface area contributed by atoms with Crippen LogP contribution in [0, 0.1) is 0 Å². The van der Waals surface area contributed by atoms with Gasteiger partial charge in [-0.05, 0) is 36.2 Å². The van der Waals surface area contributed by atoms with Crippen LogP contribution >= 0.6 is 11.6 Å². The third-order valence-electron chi connectivity index (χ3n) is 6.14. The summed E-state index contributed by atoms with van der Waals surface area (Å²) in [5.74, 6) is -1.81. The number of likely N-dealkylation sites (tertiary alicyclic amines) is 1. The molecule has 34 heavy (non-hydrogen) atoms. The predicted octanol–water partition coefficient (Wildman–Crippen LogP) is 3.20. The number of aromatic hydroxyl groups is 1. The van der Waals surface area contributed by atoms with Gasteiger partial charge in [0.05, 0.1) is 37.5 Å². The number of ketones is 1. The van der Waals surface area contributed by atoms with Crippen LogP contribution in [0.2, 0.25) is 5.02 Å². The smallest absolute Gasteiger partial charge is 0.295 e. The van der Waals surface area contributed by atoms with E-state index in [0.717, 1.165) is 19.6 Å². The Labute approximate surface area is 202 Å². The summed E-state index contributed by atoms with van der Waals surface area (Å²) in [5, 5.41) is 22.0. The number of phenols is 1. The van der Waals surface area contributed by atoms with E-state index in [-0.39, 0.29) is 16.9 Å². The Morgan fingerprint density at radius 3 is 2.59 bits per heavy atom. The van der Waals surface area contributed by atoms with Gasteiger partial charge >= 0.3 is 0 Å². The number of aliphatic hydroxyl groups is 1. The van der Waals surface area contributed by atoms with Crippen LogP contribution in [0.25, 0.3) is 5.76 Å². The number of ether oxygens (including phenoxy) is 2. The van der Waals surface area contributed by atoms with Gasteiger partial charge in [0.1, 0.15) is 17.3 Å². The van der Waals surface area contributed by atoms with Gasteiger partial charge in [-0.3, -0.25) is 14.5 Å². The van der Waals surface area contributed by atoms with Gasteiger partial charge in [-0.25, -0.2) is 0 Å². The van der Waals surface area contributed by atoms with Gasteiger partial charge in [-0.1, -0.05) is 23.7 Å². The number of phenolic OH excluding ortho intramolecular Hbond substituents is 1. The average molecular weight is 487 g/mol. The number of nitrogens with zero attached hydrogens (tertiary/aromatic N) is 2. The number of carbonyl (C=O) groups is 2. The van der Waals surface area contributed by atoms with Crippen molar-refractivity contribution in [2.75, 3.05) is 46.5 Å². The van der Waals surface area contributed by atoms with Crippen molar-refractivity contribution in [1.82, 2.24) is 9.80 Å². The Kier molecular flexibility index (Phi) is 7.41. The highest BCUT2D eigenvalue weighted by molar-refractivity contribution is 6.46. The molecule has 9 heteroatoms. The normalized spacial score (nSPS) is 20.6. The summed E-state index contributed by atoms with van der Waals surface area (Å²) < 4.78 is 10.5. The van der Waals surface area contributed by atoms with E-state index < -0.39 is 23.5 Å². The minimum absolute atomic E-state index is 0.0409. The minimum atomic E-state index is -0.829. The number of aliphatic hydroxyl groups excluding tert-OH is 1. The van der Waals surface area contributed by atoms with Gasteiger partial charge in [0.25, 0.3) is 11.7 Å². The number of rotatable bonds is 7. The number of hydrogen-bond donors (Lipinski definition) is 2. The Hall–Kier alpha value is -3.07. The molecule has 2 aliphatic heterocycles. The molecule has 0 saturated carbocycles. The zero-order valence-corrected chi connectivity index (χ0v) is 19.6. The average Bonchev–Trinajstić information content (AvgIpc) is 3.09. The molecule has 2 heterocycles. The van der Waals surface area contributed by atoms with E-state index in [1.807, 2.05) is 0 Å². The second-order valence-electron chi connectivity index (χ2n) is 8.24. The Morgan fingerprint density at radius 2 is 1.91 bits per heavy atom. The molecule has 2 saturated heterocycles. The number of methoxy groups -OCH3 is 1. The lowest BCUT2D eigenvalue weighted by Gasteiger charge is -2.29. The molecule has 8 nitrogen and oxygen atoms in total. The van der Waals surface area contributed by atoms with Crippen LogP contribution in [0.4, 0.5) is 0 Å². The zero-order valence-electron chi connectivity index (χ0n) is 18.9. The molecule has 180 valence electrons. The molecule has 0 aromatic heterocycles. The lowest BCUT2D eigenvalue weighted by atomic mass is 9.95. The number of carbonyl (C=O) groups excluding carboxylic acids is 2. The summed E-state index contributed by atoms with van der Waals surface area (Å²) in [6.07, 6.45) is 0.651. The molecule has 2 aromatic rings. The minimum Gasteiger partial charge on any atom is -0.507 e. The summed E-state index contributed by atoms with van der Waals surface area (Å²) in [7, 11) is 1.45. The summed E-state index contributed by atoms with van der Waals surface area (Å²) in [5.41, 5.74) is 0.561. The van der Waals surface area contributed by atoms with Crippen LogP contribution in [0.15, 0.2) is 48.0 Å². The second-order valence-corrected chi connectivity index (χ2v) is 8.67. The molecule has 0 bridgehead atoms. The number of benzene rings is 2. The summed E-state index contributed by atoms with van der Waals surface area (Å²) >= 11 is 6.21. The molecular formula is C25H27ClN2O6. The first-order valence-electron chi connectivity index (χ1n) is 11.1. The molecule has 1 atom stereocenters. The number of halogens is 1. The van der Waals surface area contributed by atoms with E-state index in [0.29, 0.717) is 42.5 Å². The number of amides is 1. The highest BCUT2D eigenvalue weighted by atomic mass is 35.5. The highest BCUT2D eigenvalue weighted by Gasteiger charge is 2.46. The Bertz CT molecular complexity index is 1110. The van der Waals surface area contributed by atoms with Gasteiger partial charge < -0.3 is 24.6 Å². The first-order chi connectivity index (χ1) is 16.4. The largest absolute Gasteiger partial charge is 0.507 e. The molecule has 0 aliphatic carbocycles. The van der Waals surface area contributed by atoms with Crippen molar-refractivity contribution in [3.63, 3.8) is 0 Å². The maximum atomic E-state index is 13.1. The van der Waals surface area contributed by atoms with Gasteiger partial charge in [-0.2, -0.15) is 0 Å². The third-order valence-corrected chi connectivity index (χ3v) is 6.38. The predicted molar refractivity (Wildman–Crippen MR) is 127 cm³/mol. The molecule has 4 rings (SSSR count). The molecule has 0 spiro atoms. The number of Topliss-reactive ketones (excluding diaryl/α,β-unsaturated/α-hetero) is 1. The molecule has 2 aromatic carbocycles. The topological polar surface area (TPSA) is 99.5 Å². The summed E-state index contributed by atoms with van der Waals surface area (Å²) in [6, 6.07) is 10.4. The van der Waals surface area contributed by atoms with Crippen LogP contribution in [-0.4, -0.2) is 78.2 Å². The molecule has 1 amide bonds. The fourth-order valence-electron chi connectivity index (χ4n) is 4.41. The summed E-state index contributed by atoms with van der Waals surface area (Å²) in [4.78, 5) is 29.9. The molecule has 2 aliphatic rings. The van der Waals surface area contributed by atoms with E-state index in [2.05, 4.69) is 4.90 Å². The van der Waals surface area contributed by atoms with Gasteiger partial charge in [0.15, 0.2) is 0 Å². The SMILES string of the molecule is COc1ccc(C(O)=C2C(=O)C(=O)N(CCCN3CCOCC3)[C@@H]2c2cccc(Cl)c2)c(O)c1. The zero-order chi connectivity index (χ0) is 24.2. The second kappa shape index (κ2) is 10.5. The van der Waals surface area contributed by atoms with Crippen molar-refractivity contribution >= 4 is 29.1 Å². The van der Waals surface area contributed by atoms with Crippen LogP contribution in [0.5, 0.6) is 11.5 Å². The van der Waals surface area contributed by atoms with Crippen molar-refractivity contribution in [2.24, 2.45) is 0 Å². The number of hydrogen-bond acceptors (Lipinski definition) is 7. The molecular weight excluding hydrogens is 460 g/mol. The standard InChI is InChI=1S/C25H27ClN2O6/c1-33-18-6-7-19(20(29)15-18)23(30)21-22(16-4-2-5-17(26)14-16)28(25(32)24(21)31)9-3-8-27-10-12-34-13-11-27/h2,4-7,14-15,22,29-30H,3,8-13H2,1H3/t22-/m1/s1. The van der Waals surface area contributed by atoms with Crippen LogP contribution < -0.4 is 4.74 Å². The van der Waals surface area contributed by atoms with E-state index in [1.54, 1.807) is 30.3 Å². The van der Waals surface area contributed by atoms with E-state index >= 15 is 0 Å². The van der Waals surface area contributed by atoms with E-state index in [4.69, 9.17) is 21.1 Å². The Morgan fingerprint density at radius 1 is 1.15 bits per heavy atom. The fourth-order valence-corrected chi connectivity index (χ4v) is 4.61. The highest BCUT2D eigenvalue weighted by Crippen LogP contribution is 2.41. The van der Waals surface area contributed by atoms with Crippen molar-refractivity contribution < 1.29 is 29.3 Å². The quantitative estimate of drug-likeness (QED) is 0.352. The lowest BCUT2D eigenvalue weighted by Crippen LogP contribution is -2.38. The van der Waals surface area contributed by atoms with Crippen molar-refractivity contribution in [2.45, 2.75) is 12.5 Å². The molecule has 0 unspecified atom stereocenters. The third kappa shape index (κ3) is 4.89. The van der Waals surface area contributed by atoms with Gasteiger partial charge in [0.2, 0.25) is 0 Å². The molecule has 2 fully saturated rings. The maximum absolute atomic E-state index is 13.1. The molecule has 2 N–H and O–H groups in total. The maximum Gasteiger partial charge on any atom is 0.295 e. The van der Waals surface area contributed by atoms with E-state index in [9.17, 15) is 19.8 Å². The fraction of sp³-hybridized carbons (Fsp3) is 0.360. The first-order valence-corrected chi connectivity index (χ1v) is 11.5. The van der Waals surface area contributed by atoms with Gasteiger partial charge in [-0.15, -0.1) is 0 Å². The Balaban J connectivity index is 1.70.